The van der Waals surface area contributed by atoms with Crippen LogP contribution in [0.1, 0.15) is 444 Å². The summed E-state index contributed by atoms with van der Waals surface area (Å²) in [5.41, 5.74) is 1.32. The smallest absolute Gasteiger partial charge is 0.203 e. The maximum Gasteiger partial charge on any atom is 0.203 e. The van der Waals surface area contributed by atoms with Crippen molar-refractivity contribution in [3.63, 3.8) is 0 Å². The lowest BCUT2D eigenvalue weighted by Crippen LogP contribution is -2.07. The van der Waals surface area contributed by atoms with E-state index in [1.165, 1.54) is 391 Å². The van der Waals surface area contributed by atoms with Crippen LogP contribution in [-0.2, 0) is 6.42 Å². The van der Waals surface area contributed by atoms with Crippen LogP contribution in [0.15, 0.2) is 12.1 Å². The molecule has 0 bridgehead atoms. The van der Waals surface area contributed by atoms with Gasteiger partial charge in [-0.05, 0) is 43.4 Å². The molecular weight excluding hydrogens is 985 g/mol. The third-order valence-corrected chi connectivity index (χ3v) is 18.1. The van der Waals surface area contributed by atoms with E-state index in [0.717, 1.165) is 69.2 Å². The highest BCUT2D eigenvalue weighted by Gasteiger charge is 2.16. The van der Waals surface area contributed by atoms with Crippen molar-refractivity contribution >= 4 is 0 Å². The highest BCUT2D eigenvalue weighted by molar-refractivity contribution is 5.54. The van der Waals surface area contributed by atoms with Crippen molar-refractivity contribution in [3.05, 3.63) is 17.7 Å². The lowest BCUT2D eigenvalue weighted by atomic mass is 10.0. The fourth-order valence-corrected chi connectivity index (χ4v) is 12.6. The molecular formula is C78H150O3. The number of aryl methyl sites for hydroxylation is 1. The van der Waals surface area contributed by atoms with Crippen molar-refractivity contribution in [2.45, 2.75) is 445 Å². The average Bonchev–Trinajstić information content (AvgIpc) is 3.47. The van der Waals surface area contributed by atoms with Crippen molar-refractivity contribution in [2.75, 3.05) is 19.8 Å². The van der Waals surface area contributed by atoms with Gasteiger partial charge in [0.2, 0.25) is 5.75 Å². The van der Waals surface area contributed by atoms with Crippen molar-refractivity contribution < 1.29 is 14.2 Å². The average molecular weight is 1140 g/mol. The molecule has 3 nitrogen and oxygen atoms in total. The lowest BCUT2D eigenvalue weighted by molar-refractivity contribution is 0.234. The summed E-state index contributed by atoms with van der Waals surface area (Å²) in [7, 11) is 0. The maximum atomic E-state index is 6.69. The molecule has 1 aromatic carbocycles. The van der Waals surface area contributed by atoms with Gasteiger partial charge in [-0.3, -0.25) is 0 Å². The van der Waals surface area contributed by atoms with Gasteiger partial charge >= 0.3 is 0 Å². The number of hydrogen-bond donors (Lipinski definition) is 0. The Morgan fingerprint density at radius 1 is 0.185 bits per heavy atom. The summed E-state index contributed by atoms with van der Waals surface area (Å²) in [5, 5.41) is 0. The molecule has 0 aliphatic carbocycles. The third-order valence-electron chi connectivity index (χ3n) is 18.1. The Morgan fingerprint density at radius 3 is 0.519 bits per heavy atom. The zero-order valence-corrected chi connectivity index (χ0v) is 56.5. The zero-order valence-electron chi connectivity index (χ0n) is 56.5. The molecule has 480 valence electrons. The quantitative estimate of drug-likeness (QED) is 0.0609. The van der Waals surface area contributed by atoms with Crippen LogP contribution in [0.5, 0.6) is 17.2 Å². The van der Waals surface area contributed by atoms with Gasteiger partial charge in [0.1, 0.15) is 0 Å². The fourth-order valence-electron chi connectivity index (χ4n) is 12.6. The van der Waals surface area contributed by atoms with Gasteiger partial charge in [-0.2, -0.15) is 0 Å². The number of unbranched alkanes of at least 4 members (excludes halogenated alkanes) is 60. The van der Waals surface area contributed by atoms with Crippen LogP contribution in [0.4, 0.5) is 0 Å². The molecule has 0 saturated heterocycles. The Hall–Kier alpha value is -1.38. The minimum absolute atomic E-state index is 0.748. The molecule has 0 fully saturated rings. The molecule has 3 heteroatoms. The highest BCUT2D eigenvalue weighted by atomic mass is 16.5. The first-order valence-electron chi connectivity index (χ1n) is 38.3. The SMILES string of the molecule is CCCCCCCCCCCCCCCCCCCCCCCOc1cc(CCC)cc(OCCCCCCCCCCCCCCCCCCCCCCC)c1OCCCCCCCCCCCCCCCCCCCCCCC. The van der Waals surface area contributed by atoms with Crippen LogP contribution in [0.3, 0.4) is 0 Å². The van der Waals surface area contributed by atoms with Crippen LogP contribution in [0.25, 0.3) is 0 Å². The Morgan fingerprint density at radius 2 is 0.346 bits per heavy atom. The minimum Gasteiger partial charge on any atom is -0.490 e. The summed E-state index contributed by atoms with van der Waals surface area (Å²) in [6, 6.07) is 4.56. The van der Waals surface area contributed by atoms with Crippen molar-refractivity contribution in [1.29, 1.82) is 0 Å². The van der Waals surface area contributed by atoms with E-state index in [1.54, 1.807) is 0 Å². The first-order chi connectivity index (χ1) is 40.3. The molecule has 0 radical (unpaired) electrons. The fraction of sp³-hybridized carbons (Fsp3) is 0.923. The molecule has 0 unspecified atom stereocenters. The second-order valence-corrected chi connectivity index (χ2v) is 26.4. The number of ether oxygens (including phenoxy) is 3. The monoisotopic (exact) mass is 1140 g/mol. The van der Waals surface area contributed by atoms with Crippen LogP contribution >= 0.6 is 0 Å². The van der Waals surface area contributed by atoms with Crippen molar-refractivity contribution in [3.8, 4) is 17.2 Å². The summed E-state index contributed by atoms with van der Waals surface area (Å²) in [6.07, 6.45) is 91.1. The topological polar surface area (TPSA) is 27.7 Å². The van der Waals surface area contributed by atoms with E-state index < -0.39 is 0 Å². The molecule has 0 aromatic heterocycles. The molecule has 1 aromatic rings. The van der Waals surface area contributed by atoms with E-state index >= 15 is 0 Å². The van der Waals surface area contributed by atoms with Crippen LogP contribution in [0.2, 0.25) is 0 Å². The molecule has 0 spiro atoms. The molecule has 1 rings (SSSR count). The lowest BCUT2D eigenvalue weighted by Gasteiger charge is -2.19. The Kier molecular flexibility index (Phi) is 64.9. The summed E-state index contributed by atoms with van der Waals surface area (Å²) in [4.78, 5) is 0. The summed E-state index contributed by atoms with van der Waals surface area (Å²) >= 11 is 0. The second-order valence-electron chi connectivity index (χ2n) is 26.4. The normalized spacial score (nSPS) is 11.6. The zero-order chi connectivity index (χ0) is 57.9. The predicted octanol–water partition coefficient (Wildman–Crippen LogP) is 28.4. The van der Waals surface area contributed by atoms with Crippen LogP contribution < -0.4 is 14.2 Å². The van der Waals surface area contributed by atoms with E-state index in [4.69, 9.17) is 14.2 Å². The van der Waals surface area contributed by atoms with Gasteiger partial charge in [0.05, 0.1) is 19.8 Å². The Labute approximate surface area is 511 Å². The molecule has 0 saturated carbocycles. The molecule has 0 aliphatic rings. The van der Waals surface area contributed by atoms with Crippen molar-refractivity contribution in [2.24, 2.45) is 0 Å². The van der Waals surface area contributed by atoms with Gasteiger partial charge < -0.3 is 14.2 Å². The van der Waals surface area contributed by atoms with Gasteiger partial charge in [0.15, 0.2) is 11.5 Å². The Bertz CT molecular complexity index is 1240. The number of rotatable bonds is 71. The molecule has 0 aliphatic heterocycles. The summed E-state index contributed by atoms with van der Waals surface area (Å²) in [6.45, 7) is 11.5. The molecule has 0 amide bonds. The highest BCUT2D eigenvalue weighted by Crippen LogP contribution is 2.40. The molecule has 0 N–H and O–H groups in total. The molecule has 81 heavy (non-hydrogen) atoms. The van der Waals surface area contributed by atoms with Gasteiger partial charge in [-0.1, -0.05) is 419 Å². The predicted molar refractivity (Wildman–Crippen MR) is 365 cm³/mol. The second kappa shape index (κ2) is 67.7. The van der Waals surface area contributed by atoms with Crippen LogP contribution in [0, 0.1) is 0 Å². The van der Waals surface area contributed by atoms with E-state index in [-0.39, 0.29) is 0 Å². The largest absolute Gasteiger partial charge is 0.490 e. The van der Waals surface area contributed by atoms with Gasteiger partial charge in [-0.15, -0.1) is 0 Å². The van der Waals surface area contributed by atoms with E-state index in [0.29, 0.717) is 0 Å². The first-order valence-corrected chi connectivity index (χ1v) is 38.3. The van der Waals surface area contributed by atoms with E-state index in [2.05, 4.69) is 39.8 Å². The van der Waals surface area contributed by atoms with E-state index in [1.807, 2.05) is 0 Å². The Balaban J connectivity index is 2.38. The van der Waals surface area contributed by atoms with Gasteiger partial charge in [0.25, 0.3) is 0 Å². The summed E-state index contributed by atoms with van der Waals surface area (Å²) < 4.78 is 20.0. The first kappa shape index (κ1) is 77.6. The van der Waals surface area contributed by atoms with Gasteiger partial charge in [0, 0.05) is 0 Å². The number of benzene rings is 1. The van der Waals surface area contributed by atoms with E-state index in [9.17, 15) is 0 Å². The molecule has 0 atom stereocenters. The number of hydrogen-bond acceptors (Lipinski definition) is 3. The van der Waals surface area contributed by atoms with Crippen LogP contribution in [-0.4, -0.2) is 19.8 Å². The molecule has 0 heterocycles. The van der Waals surface area contributed by atoms with Crippen molar-refractivity contribution in [1.82, 2.24) is 0 Å². The minimum atomic E-state index is 0.748. The standard InChI is InChI=1S/C78H150O3/c1-5-9-12-15-18-21-24-27-30-33-36-39-42-45-48-51-54-57-60-63-66-70-79-76-73-75(69-8-4)74-77(80-71-67-64-61-58-55-52-49-46-43-40-37-34-31-28-25-22-19-16-13-10-6-2)78(76)81-72-68-65-62-59-56-53-50-47-44-41-38-35-32-29-26-23-20-17-14-11-7-3/h73-74H,5-72H2,1-4H3. The maximum absolute atomic E-state index is 6.69. The third kappa shape index (κ3) is 57.5. The van der Waals surface area contributed by atoms with Gasteiger partial charge in [-0.25, -0.2) is 0 Å². The summed E-state index contributed by atoms with van der Waals surface area (Å²) in [5.74, 6) is 2.72.